The molecule has 0 bridgehead atoms. The number of rotatable bonds is 25. The monoisotopic (exact) mass is 1230 g/mol. The van der Waals surface area contributed by atoms with Gasteiger partial charge in [0.05, 0.1) is 12.7 Å². The van der Waals surface area contributed by atoms with Gasteiger partial charge in [0.1, 0.15) is 56.7 Å². The Balaban J connectivity index is 1.24. The topological polar surface area (TPSA) is 287 Å². The van der Waals surface area contributed by atoms with Gasteiger partial charge in [0.15, 0.2) is 12.1 Å². The summed E-state index contributed by atoms with van der Waals surface area (Å²) in [6, 6.07) is 33.9. The van der Waals surface area contributed by atoms with Crippen LogP contribution in [0.15, 0.2) is 152 Å². The van der Waals surface area contributed by atoms with Crippen LogP contribution in [0.5, 0.6) is 0 Å². The lowest BCUT2D eigenvalue weighted by Gasteiger charge is -2.46. The number of hydroxylamine groups is 2. The molecule has 2 saturated heterocycles. The Morgan fingerprint density at radius 3 is 1.43 bits per heavy atom. The van der Waals surface area contributed by atoms with Gasteiger partial charge in [-0.25, -0.2) is 44.3 Å². The van der Waals surface area contributed by atoms with Crippen LogP contribution in [0, 0.1) is 5.92 Å². The van der Waals surface area contributed by atoms with Gasteiger partial charge in [0.25, 0.3) is 17.7 Å². The highest BCUT2D eigenvalue weighted by molar-refractivity contribution is 5.96. The summed E-state index contributed by atoms with van der Waals surface area (Å²) in [4.78, 5) is 138. The first-order valence-corrected chi connectivity index (χ1v) is 29.5. The molecule has 0 spiro atoms. The molecule has 8 atom stereocenters. The highest BCUT2D eigenvalue weighted by atomic mass is 16.7. The number of nitrogens with two attached hydrogens (primary N) is 1. The largest absolute Gasteiger partial charge is 0.480 e. The molecule has 0 aromatic heterocycles. The van der Waals surface area contributed by atoms with E-state index in [0.29, 0.717) is 22.3 Å². The van der Waals surface area contributed by atoms with Crippen molar-refractivity contribution in [3.63, 3.8) is 0 Å². The van der Waals surface area contributed by atoms with E-state index in [1.165, 1.54) is 20.9 Å². The minimum absolute atomic E-state index is 0.0319. The number of carboxylic acids is 1. The summed E-state index contributed by atoms with van der Waals surface area (Å²) in [6.07, 6.45) is -5.74. The quantitative estimate of drug-likeness (QED) is 0.0297. The van der Waals surface area contributed by atoms with Gasteiger partial charge in [-0.2, -0.15) is 0 Å². The van der Waals surface area contributed by atoms with Crippen molar-refractivity contribution in [1.82, 2.24) is 35.3 Å². The van der Waals surface area contributed by atoms with Gasteiger partial charge >= 0.3 is 30.2 Å². The summed E-state index contributed by atoms with van der Waals surface area (Å²) in [5.41, 5.74) is 9.62. The molecular formula is C65H78N8O16. The molecule has 24 heteroatoms. The molecule has 4 N–H and O–H groups in total. The molecule has 2 aliphatic heterocycles. The fourth-order valence-corrected chi connectivity index (χ4v) is 10.0. The molecule has 2 fully saturated rings. The molecule has 7 amide bonds. The fraction of sp³-hybridized carbons (Fsp3) is 0.400. The molecular weight excluding hydrogens is 1150 g/mol. The standard InChI is InChI=1S/C65H78N8O16/c1-43(2)56(89-62(80)54(66)46(5)84-38-47-24-12-7-13-25-47)55(67-63(81)85-39-48-26-14-8-15-27-48)60(77)71-52(34-22-36-69(71)64(82)86-40-49-28-16-9-17-29-49)59(76)73(88-42-51-32-20-11-21-33-51)45(4)57(74)68(6)44(3)58(75)72-53(61(78)79)35-23-37-70(72)65(83)87-41-50-30-18-10-19-31-50/h7-21,24-33,43-46,52-56H,22-23,34-42,66H2,1-6H3,(H,67,81)(H,78,79)/t44-,45+,46+,52-,53+,54-,55+,56+/m1/s1. The maximum absolute atomic E-state index is 16.0. The van der Waals surface area contributed by atoms with Crippen LogP contribution in [0.3, 0.4) is 0 Å². The summed E-state index contributed by atoms with van der Waals surface area (Å²) in [5.74, 6) is -7.36. The van der Waals surface area contributed by atoms with Gasteiger partial charge in [0, 0.05) is 20.1 Å². The van der Waals surface area contributed by atoms with Crippen molar-refractivity contribution in [1.29, 1.82) is 0 Å². The number of likely N-dealkylation sites (N-methyl/N-ethyl adjacent to an activating group) is 1. The maximum Gasteiger partial charge on any atom is 0.429 e. The third-order valence-corrected chi connectivity index (χ3v) is 15.2. The SMILES string of the molecule is CC(C)[C@H](OC(=O)[C@H](N)[C@H](C)OCc1ccccc1)[C@H](NC(=O)OCc1ccccc1)C(=O)N1[C@@H](C(=O)N(OCc2ccccc2)[C@@H](C)C(=O)N(C)[C@H](C)C(=O)N2[C@H](C(=O)O)CCCN2C(=O)OCc2ccccc2)CCCN1C(=O)OCc1ccccc1. The summed E-state index contributed by atoms with van der Waals surface area (Å²) < 4.78 is 29.1. The van der Waals surface area contributed by atoms with Gasteiger partial charge in [-0.05, 0) is 80.2 Å². The van der Waals surface area contributed by atoms with Gasteiger partial charge in [-0.3, -0.25) is 28.8 Å². The second-order valence-electron chi connectivity index (χ2n) is 21.9. The third kappa shape index (κ3) is 18.1. The van der Waals surface area contributed by atoms with E-state index in [-0.39, 0.29) is 71.8 Å². The van der Waals surface area contributed by atoms with E-state index in [0.717, 1.165) is 35.6 Å². The Hall–Kier alpha value is -9.39. The zero-order chi connectivity index (χ0) is 64.1. The van der Waals surface area contributed by atoms with Gasteiger partial charge in [-0.15, -0.1) is 0 Å². The van der Waals surface area contributed by atoms with E-state index in [1.807, 2.05) is 30.3 Å². The third-order valence-electron chi connectivity index (χ3n) is 15.2. The van der Waals surface area contributed by atoms with Crippen LogP contribution >= 0.6 is 0 Å². The average Bonchev–Trinajstić information content (AvgIpc) is 1.06. The fourth-order valence-electron chi connectivity index (χ4n) is 10.0. The van der Waals surface area contributed by atoms with Crippen molar-refractivity contribution < 1.29 is 76.8 Å². The Morgan fingerprint density at radius 2 is 0.978 bits per heavy atom. The lowest BCUT2D eigenvalue weighted by atomic mass is 9.96. The first-order valence-electron chi connectivity index (χ1n) is 29.5. The second-order valence-corrected chi connectivity index (χ2v) is 21.9. The van der Waals surface area contributed by atoms with Crippen molar-refractivity contribution >= 4 is 53.8 Å². The van der Waals surface area contributed by atoms with Crippen LogP contribution in [0.1, 0.15) is 88.1 Å². The molecule has 0 saturated carbocycles. The number of nitrogens with zero attached hydrogens (tertiary/aromatic N) is 6. The highest BCUT2D eigenvalue weighted by Crippen LogP contribution is 2.29. The van der Waals surface area contributed by atoms with Crippen LogP contribution in [-0.4, -0.2) is 158 Å². The summed E-state index contributed by atoms with van der Waals surface area (Å²) in [5, 5.41) is 17.1. The zero-order valence-corrected chi connectivity index (χ0v) is 50.7. The van der Waals surface area contributed by atoms with Crippen molar-refractivity contribution in [3.05, 3.63) is 179 Å². The number of nitrogens with one attached hydrogen (secondary N) is 1. The number of ether oxygens (including phenoxy) is 5. The molecule has 7 rings (SSSR count). The van der Waals surface area contributed by atoms with E-state index in [1.54, 1.807) is 142 Å². The highest BCUT2D eigenvalue weighted by Gasteiger charge is 2.50. The molecule has 2 aliphatic rings. The number of alkyl carbamates (subject to hydrolysis) is 1. The van der Waals surface area contributed by atoms with Crippen LogP contribution in [-0.2, 0) is 90.3 Å². The minimum Gasteiger partial charge on any atom is -0.480 e. The maximum atomic E-state index is 16.0. The molecule has 474 valence electrons. The smallest absolute Gasteiger partial charge is 0.429 e. The number of carbonyl (C=O) groups is 9. The number of benzene rings is 5. The normalized spacial score (nSPS) is 16.9. The van der Waals surface area contributed by atoms with Crippen LogP contribution in [0.25, 0.3) is 0 Å². The lowest BCUT2D eigenvalue weighted by Crippen LogP contribution is -2.68. The summed E-state index contributed by atoms with van der Waals surface area (Å²) >= 11 is 0. The molecule has 24 nitrogen and oxygen atoms in total. The molecule has 0 radical (unpaired) electrons. The zero-order valence-electron chi connectivity index (χ0n) is 50.7. The molecule has 2 heterocycles. The van der Waals surface area contributed by atoms with E-state index >= 15 is 14.4 Å². The first kappa shape index (κ1) is 67.1. The summed E-state index contributed by atoms with van der Waals surface area (Å²) in [7, 11) is 1.25. The number of hydrazine groups is 2. The summed E-state index contributed by atoms with van der Waals surface area (Å²) in [6.45, 7) is 6.13. The molecule has 5 aromatic rings. The number of hydrogen-bond acceptors (Lipinski definition) is 16. The van der Waals surface area contributed by atoms with E-state index < -0.39 is 108 Å². The van der Waals surface area contributed by atoms with Gasteiger partial charge < -0.3 is 44.7 Å². The van der Waals surface area contributed by atoms with E-state index in [4.69, 9.17) is 34.3 Å². The van der Waals surface area contributed by atoms with Crippen LogP contribution < -0.4 is 11.1 Å². The lowest BCUT2D eigenvalue weighted by molar-refractivity contribution is -0.219. The van der Waals surface area contributed by atoms with Gasteiger partial charge in [0.2, 0.25) is 5.91 Å². The Labute approximate surface area is 517 Å². The van der Waals surface area contributed by atoms with Crippen molar-refractivity contribution in [2.45, 2.75) is 142 Å². The number of hydrogen-bond donors (Lipinski definition) is 3. The predicted octanol–water partition coefficient (Wildman–Crippen LogP) is 7.15. The van der Waals surface area contributed by atoms with Crippen molar-refractivity contribution in [3.8, 4) is 0 Å². The average molecular weight is 1230 g/mol. The van der Waals surface area contributed by atoms with E-state index in [9.17, 15) is 33.9 Å². The predicted molar refractivity (Wildman–Crippen MR) is 321 cm³/mol. The Bertz CT molecular complexity index is 3170. The van der Waals surface area contributed by atoms with E-state index in [2.05, 4.69) is 5.32 Å². The van der Waals surface area contributed by atoms with Crippen LogP contribution in [0.2, 0.25) is 0 Å². The number of aliphatic carboxylic acids is 1. The number of carbonyl (C=O) groups excluding carboxylic acids is 8. The minimum atomic E-state index is -1.94. The number of carboxylic acid groups (broad SMARTS) is 1. The molecule has 0 unspecified atom stereocenters. The molecule has 5 aromatic carbocycles. The Kier molecular flexibility index (Phi) is 24.5. The Morgan fingerprint density at radius 1 is 0.562 bits per heavy atom. The number of amides is 7. The molecule has 0 aliphatic carbocycles. The van der Waals surface area contributed by atoms with Gasteiger partial charge in [-0.1, -0.05) is 166 Å². The van der Waals surface area contributed by atoms with Crippen molar-refractivity contribution in [2.75, 3.05) is 20.1 Å². The second kappa shape index (κ2) is 32.5. The number of esters is 1. The first-order chi connectivity index (χ1) is 42.7. The molecule has 89 heavy (non-hydrogen) atoms. The van der Waals surface area contributed by atoms with Crippen molar-refractivity contribution in [2.24, 2.45) is 11.7 Å². The van der Waals surface area contributed by atoms with Crippen LogP contribution in [0.4, 0.5) is 14.4 Å².